The van der Waals surface area contributed by atoms with Crippen molar-refractivity contribution in [1.82, 2.24) is 10.6 Å². The standard InChI is InChI=1S/C10H17N3O6S.3O4Si.4Y/c11-5(10(18)19)1-2-7(14)13-6(4-20)9(17)12-3-8(15)16;3*1-5(2,3)4;;;;/h5-6,20H,1-4,11H2,(H,12,17)(H,13,14)(H,15,16)(H,18,19);;;;;;;/q;3*-4;4*+3/t5-,6-;;;;;;;/m0......./s1. The number of nitrogens with one attached hydrogen (secondary N) is 2. The molecule has 210 valence electrons. The van der Waals surface area contributed by atoms with Crippen molar-refractivity contribution in [2.24, 2.45) is 5.73 Å². The van der Waals surface area contributed by atoms with E-state index in [1.165, 1.54) is 0 Å². The number of carbonyl (C=O) groups is 4. The Kier molecular flexibility index (Phi) is 50.2. The molecule has 39 heavy (non-hydrogen) atoms. The number of carboxylic acids is 2. The van der Waals surface area contributed by atoms with Crippen LogP contribution in [0.4, 0.5) is 0 Å². The fraction of sp³-hybridized carbons (Fsp3) is 0.600. The number of hydrogen-bond donors (Lipinski definition) is 6. The van der Waals surface area contributed by atoms with Crippen molar-refractivity contribution in [2.75, 3.05) is 12.3 Å². The molecule has 0 aliphatic carbocycles. The van der Waals surface area contributed by atoms with Crippen molar-refractivity contribution in [2.45, 2.75) is 24.9 Å². The van der Waals surface area contributed by atoms with Gasteiger partial charge in [-0.15, -0.1) is 0 Å². The van der Waals surface area contributed by atoms with Crippen molar-refractivity contribution in [1.29, 1.82) is 0 Å². The van der Waals surface area contributed by atoms with Gasteiger partial charge in [0.1, 0.15) is 18.6 Å². The molecule has 0 aromatic carbocycles. The van der Waals surface area contributed by atoms with Gasteiger partial charge in [0.15, 0.2) is 0 Å². The van der Waals surface area contributed by atoms with Crippen LogP contribution in [-0.4, -0.2) is 85.5 Å². The van der Waals surface area contributed by atoms with E-state index in [0.717, 1.165) is 0 Å². The average Bonchev–Trinajstić information content (AvgIpc) is 2.57. The summed E-state index contributed by atoms with van der Waals surface area (Å²) in [6.45, 7) is -0.567. The normalized spacial score (nSPS) is 11.3. The van der Waals surface area contributed by atoms with Gasteiger partial charge in [0.25, 0.3) is 0 Å². The molecule has 0 saturated carbocycles. The molecular weight excluding hydrogens is 922 g/mol. The molecule has 0 aromatic rings. The second-order valence-corrected chi connectivity index (χ2v) is 8.76. The molecule has 6 N–H and O–H groups in total. The molecular formula is C10H17N3O18SSi3Y4. The van der Waals surface area contributed by atoms with Crippen LogP contribution in [0.25, 0.3) is 0 Å². The number of amides is 2. The zero-order chi connectivity index (χ0) is 29.2. The fourth-order valence-corrected chi connectivity index (χ4v) is 1.41. The van der Waals surface area contributed by atoms with Gasteiger partial charge in [-0.1, -0.05) is 0 Å². The van der Waals surface area contributed by atoms with Crippen LogP contribution in [-0.2, 0) is 150 Å². The van der Waals surface area contributed by atoms with Crippen LogP contribution in [0, 0.1) is 0 Å². The molecule has 0 radical (unpaired) electrons. The van der Waals surface area contributed by atoms with Crippen molar-refractivity contribution < 1.29 is 218 Å². The predicted octanol–water partition coefficient (Wildman–Crippen LogP) is -17.6. The Morgan fingerprint density at radius 2 is 1.05 bits per heavy atom. The molecule has 0 rings (SSSR count). The van der Waals surface area contributed by atoms with Crippen LogP contribution < -0.4 is 73.9 Å². The second kappa shape index (κ2) is 32.2. The summed E-state index contributed by atoms with van der Waals surface area (Å²) < 4.78 is 0. The van der Waals surface area contributed by atoms with Gasteiger partial charge in [-0.25, -0.2) is 0 Å². The monoisotopic (exact) mass is 939 g/mol. The van der Waals surface area contributed by atoms with E-state index in [4.69, 9.17) is 73.5 Å². The molecule has 29 heteroatoms. The number of carboxylic acid groups (broad SMARTS) is 2. The fourth-order valence-electron chi connectivity index (χ4n) is 1.16. The van der Waals surface area contributed by atoms with E-state index in [-0.39, 0.29) is 149 Å². The molecule has 0 bridgehead atoms. The predicted molar refractivity (Wildman–Crippen MR) is 88.5 cm³/mol. The Hall–Kier alpha value is 2.78. The molecule has 2 atom stereocenters. The smallest absolute Gasteiger partial charge is 0.894 e. The van der Waals surface area contributed by atoms with Gasteiger partial charge in [-0.2, -0.15) is 12.6 Å². The van der Waals surface area contributed by atoms with E-state index < -0.39 is 69.5 Å². The van der Waals surface area contributed by atoms with E-state index in [0.29, 0.717) is 0 Å². The molecule has 2 amide bonds. The van der Waals surface area contributed by atoms with Crippen LogP contribution in [0.2, 0.25) is 0 Å². The van der Waals surface area contributed by atoms with E-state index >= 15 is 0 Å². The van der Waals surface area contributed by atoms with Crippen LogP contribution in [0.3, 0.4) is 0 Å². The number of nitrogens with two attached hydrogens (primary N) is 1. The van der Waals surface area contributed by atoms with Crippen molar-refractivity contribution in [3.63, 3.8) is 0 Å². The topological polar surface area (TPSA) is 436 Å². The molecule has 0 aromatic heterocycles. The van der Waals surface area contributed by atoms with Gasteiger partial charge < -0.3 is 111 Å². The Morgan fingerprint density at radius 1 is 0.744 bits per heavy atom. The summed E-state index contributed by atoms with van der Waals surface area (Å²) in [5, 5.41) is 21.4. The molecule has 0 aliphatic heterocycles. The largest absolute Gasteiger partial charge is 3.00 e. The van der Waals surface area contributed by atoms with Gasteiger partial charge in [-0.3, -0.25) is 19.2 Å². The second-order valence-electron chi connectivity index (χ2n) is 5.40. The maximum absolute atomic E-state index is 11.5. The van der Waals surface area contributed by atoms with Crippen LogP contribution in [0.1, 0.15) is 12.8 Å². The number of rotatable bonds is 9. The van der Waals surface area contributed by atoms with E-state index in [1.807, 2.05) is 0 Å². The van der Waals surface area contributed by atoms with Gasteiger partial charge >= 0.3 is 143 Å². The third kappa shape index (κ3) is 85.5. The minimum absolute atomic E-state index is 0. The Balaban J connectivity index is -0.0000000699. The summed E-state index contributed by atoms with van der Waals surface area (Å²) in [5.74, 6) is -3.70. The van der Waals surface area contributed by atoms with E-state index in [9.17, 15) is 19.2 Å². The minimum atomic E-state index is -5.61. The minimum Gasteiger partial charge on any atom is -0.894 e. The zero-order valence-electron chi connectivity index (χ0n) is 19.2. The number of hydrogen-bond acceptors (Lipinski definition) is 18. The van der Waals surface area contributed by atoms with Gasteiger partial charge in [0.2, 0.25) is 11.8 Å². The molecule has 21 nitrogen and oxygen atoms in total. The summed E-state index contributed by atoms with van der Waals surface area (Å²) in [6.07, 6.45) is -0.235. The molecule has 0 aliphatic rings. The summed E-state index contributed by atoms with van der Waals surface area (Å²) in [6, 6.07) is -2.15. The SMILES string of the molecule is N[C@@H](CCC(=O)N[C@@H](CS)C(=O)NCC(=O)O)C(=O)O.[O-][Si]([O-])([O-])[O-].[O-][Si]([O-])([O-])[O-].[O-][Si]([O-])([O-])[O-].[Y+3].[Y+3].[Y+3].[Y+3]. The first kappa shape index (κ1) is 60.9. The van der Waals surface area contributed by atoms with Gasteiger partial charge in [-0.05, 0) is 6.42 Å². The molecule has 0 fully saturated rings. The third-order valence-electron chi connectivity index (χ3n) is 2.25. The average molecular weight is 939 g/mol. The first-order valence-corrected chi connectivity index (χ1v) is 13.6. The third-order valence-corrected chi connectivity index (χ3v) is 2.61. The molecule has 0 saturated heterocycles. The summed E-state index contributed by atoms with van der Waals surface area (Å²) in [4.78, 5) is 147. The van der Waals surface area contributed by atoms with Crippen LogP contribution >= 0.6 is 12.6 Å². The van der Waals surface area contributed by atoms with Gasteiger partial charge in [0, 0.05) is 12.2 Å². The summed E-state index contributed by atoms with van der Waals surface area (Å²) >= 11 is 3.87. The summed E-state index contributed by atoms with van der Waals surface area (Å²) in [5.41, 5.74) is 5.23. The first-order chi connectivity index (χ1) is 15.3. The van der Waals surface area contributed by atoms with Crippen LogP contribution in [0.5, 0.6) is 0 Å². The number of thiol groups is 1. The quantitative estimate of drug-likeness (QED) is 0.0923. The Labute approximate surface area is 330 Å². The van der Waals surface area contributed by atoms with E-state index in [2.05, 4.69) is 23.3 Å². The van der Waals surface area contributed by atoms with Gasteiger partial charge in [0.05, 0.1) is 0 Å². The maximum atomic E-state index is 11.5. The van der Waals surface area contributed by atoms with Crippen molar-refractivity contribution in [3.05, 3.63) is 0 Å². The van der Waals surface area contributed by atoms with Crippen molar-refractivity contribution in [3.8, 4) is 0 Å². The van der Waals surface area contributed by atoms with Crippen LogP contribution in [0.15, 0.2) is 0 Å². The van der Waals surface area contributed by atoms with Crippen molar-refractivity contribution >= 4 is 63.5 Å². The Morgan fingerprint density at radius 3 is 1.28 bits per heavy atom. The molecule has 0 heterocycles. The Bertz CT molecular complexity index is 611. The number of aliphatic carboxylic acids is 2. The zero-order valence-corrected chi connectivity index (χ0v) is 34.5. The van der Waals surface area contributed by atoms with E-state index in [1.54, 1.807) is 0 Å². The maximum Gasteiger partial charge on any atom is 3.00 e. The number of carbonyl (C=O) groups excluding carboxylic acids is 2. The molecule has 0 unspecified atom stereocenters. The first-order valence-electron chi connectivity index (χ1n) is 8.11. The molecule has 0 spiro atoms. The summed E-state index contributed by atoms with van der Waals surface area (Å²) in [7, 11) is -16.8.